The molecule has 0 radical (unpaired) electrons. The molecule has 2 amide bonds. The van der Waals surface area contributed by atoms with Gasteiger partial charge in [-0.25, -0.2) is 0 Å². The third-order valence-corrected chi connectivity index (χ3v) is 7.36. The Morgan fingerprint density at radius 2 is 1.71 bits per heavy atom. The molecule has 0 unspecified atom stereocenters. The zero-order valence-electron chi connectivity index (χ0n) is 20.2. The van der Waals surface area contributed by atoms with Gasteiger partial charge in [0.05, 0.1) is 7.11 Å². The highest BCUT2D eigenvalue weighted by Crippen LogP contribution is 2.31. The lowest BCUT2D eigenvalue weighted by molar-refractivity contribution is -0.140. The highest BCUT2D eigenvalue weighted by Gasteiger charge is 2.33. The lowest BCUT2D eigenvalue weighted by atomic mass is 9.85. The molecule has 4 rings (SSSR count). The van der Waals surface area contributed by atoms with Crippen LogP contribution in [0.2, 0.25) is 0 Å². The highest BCUT2D eigenvalue weighted by molar-refractivity contribution is 6.04. The number of carbonyl (C=O) groups excluding carboxylic acids is 2. The minimum absolute atomic E-state index is 0.114. The Labute approximate surface area is 202 Å². The van der Waals surface area contributed by atoms with Crippen LogP contribution in [0, 0.1) is 5.92 Å². The second-order valence-corrected chi connectivity index (χ2v) is 9.71. The van der Waals surface area contributed by atoms with Crippen molar-refractivity contribution in [1.82, 2.24) is 4.90 Å². The number of rotatable bonds is 7. The van der Waals surface area contributed by atoms with Crippen molar-refractivity contribution < 1.29 is 14.3 Å². The molecule has 0 atom stereocenters. The van der Waals surface area contributed by atoms with Crippen molar-refractivity contribution in [2.75, 3.05) is 12.4 Å². The zero-order valence-corrected chi connectivity index (χ0v) is 20.2. The number of methoxy groups -OCH3 is 1. The largest absolute Gasteiger partial charge is 0.497 e. The number of hydrogen-bond donors (Lipinski definition) is 2. The van der Waals surface area contributed by atoms with E-state index in [1.54, 1.807) is 25.3 Å². The number of hydrogen-bond acceptors (Lipinski definition) is 4. The SMILES string of the molecule is COc1cccc(C(=O)Nc2ccccc2CN(C(=O)C2CCCCC2)C2CCC(N)CC2)c1. The van der Waals surface area contributed by atoms with Crippen LogP contribution in [0.4, 0.5) is 5.69 Å². The van der Waals surface area contributed by atoms with E-state index in [-0.39, 0.29) is 29.8 Å². The monoisotopic (exact) mass is 463 g/mol. The molecule has 0 saturated heterocycles. The van der Waals surface area contributed by atoms with Gasteiger partial charge in [-0.3, -0.25) is 9.59 Å². The van der Waals surface area contributed by atoms with E-state index in [2.05, 4.69) is 10.2 Å². The van der Waals surface area contributed by atoms with Crippen LogP contribution in [0.25, 0.3) is 0 Å². The fourth-order valence-corrected chi connectivity index (χ4v) is 5.31. The van der Waals surface area contributed by atoms with Gasteiger partial charge in [0.1, 0.15) is 5.75 Å². The number of carbonyl (C=O) groups is 2. The Bertz CT molecular complexity index is 978. The maximum atomic E-state index is 13.7. The summed E-state index contributed by atoms with van der Waals surface area (Å²) in [6, 6.07) is 15.4. The molecule has 34 heavy (non-hydrogen) atoms. The fourth-order valence-electron chi connectivity index (χ4n) is 5.31. The maximum Gasteiger partial charge on any atom is 0.255 e. The molecule has 182 valence electrons. The van der Waals surface area contributed by atoms with E-state index in [1.165, 1.54) is 6.42 Å². The van der Waals surface area contributed by atoms with Gasteiger partial charge < -0.3 is 20.7 Å². The fraction of sp³-hybridized carbons (Fsp3) is 0.500. The first kappa shape index (κ1) is 24.3. The summed E-state index contributed by atoms with van der Waals surface area (Å²) in [5, 5.41) is 3.06. The van der Waals surface area contributed by atoms with Crippen molar-refractivity contribution in [2.45, 2.75) is 76.4 Å². The number of nitrogens with one attached hydrogen (secondary N) is 1. The zero-order chi connectivity index (χ0) is 23.9. The summed E-state index contributed by atoms with van der Waals surface area (Å²) in [5.74, 6) is 0.831. The van der Waals surface area contributed by atoms with Crippen LogP contribution in [0.3, 0.4) is 0 Å². The number of nitrogens with zero attached hydrogens (tertiary/aromatic N) is 1. The van der Waals surface area contributed by atoms with Crippen molar-refractivity contribution in [3.05, 3.63) is 59.7 Å². The number of nitrogens with two attached hydrogens (primary N) is 1. The third-order valence-electron chi connectivity index (χ3n) is 7.36. The van der Waals surface area contributed by atoms with E-state index in [1.807, 2.05) is 30.3 Å². The summed E-state index contributed by atoms with van der Waals surface area (Å²) in [7, 11) is 1.59. The van der Waals surface area contributed by atoms with Gasteiger partial charge in [-0.15, -0.1) is 0 Å². The Hall–Kier alpha value is -2.86. The van der Waals surface area contributed by atoms with Gasteiger partial charge >= 0.3 is 0 Å². The number of anilines is 1. The highest BCUT2D eigenvalue weighted by atomic mass is 16.5. The Morgan fingerprint density at radius 3 is 2.44 bits per heavy atom. The molecule has 2 aliphatic carbocycles. The van der Waals surface area contributed by atoms with Crippen molar-refractivity contribution in [1.29, 1.82) is 0 Å². The first-order valence-electron chi connectivity index (χ1n) is 12.6. The van der Waals surface area contributed by atoms with Gasteiger partial charge in [0.15, 0.2) is 0 Å². The van der Waals surface area contributed by atoms with Gasteiger partial charge in [-0.1, -0.05) is 43.5 Å². The lowest BCUT2D eigenvalue weighted by Gasteiger charge is -2.39. The van der Waals surface area contributed by atoms with Crippen molar-refractivity contribution in [3.63, 3.8) is 0 Å². The molecule has 0 bridgehead atoms. The normalized spacial score (nSPS) is 21.0. The van der Waals surface area contributed by atoms with Crippen molar-refractivity contribution in [3.8, 4) is 5.75 Å². The quantitative estimate of drug-likeness (QED) is 0.596. The Morgan fingerprint density at radius 1 is 0.971 bits per heavy atom. The summed E-state index contributed by atoms with van der Waals surface area (Å²) >= 11 is 0. The molecule has 6 nitrogen and oxygen atoms in total. The van der Waals surface area contributed by atoms with E-state index in [0.29, 0.717) is 17.9 Å². The second-order valence-electron chi connectivity index (χ2n) is 9.71. The predicted octanol–water partition coefficient (Wildman–Crippen LogP) is 5.13. The molecular formula is C28H37N3O3. The van der Waals surface area contributed by atoms with Gasteiger partial charge in [0.25, 0.3) is 5.91 Å². The smallest absolute Gasteiger partial charge is 0.255 e. The van der Waals surface area contributed by atoms with Gasteiger partial charge in [0, 0.05) is 35.8 Å². The lowest BCUT2D eigenvalue weighted by Crippen LogP contribution is -2.46. The third kappa shape index (κ3) is 5.98. The minimum atomic E-state index is -0.194. The van der Waals surface area contributed by atoms with E-state index < -0.39 is 0 Å². The first-order chi connectivity index (χ1) is 16.5. The summed E-state index contributed by atoms with van der Waals surface area (Å²) in [6.07, 6.45) is 9.24. The Kier molecular flexibility index (Phi) is 8.22. The molecule has 0 aromatic heterocycles. The predicted molar refractivity (Wildman–Crippen MR) is 135 cm³/mol. The average molecular weight is 464 g/mol. The first-order valence-corrected chi connectivity index (χ1v) is 12.6. The molecule has 2 saturated carbocycles. The molecule has 2 fully saturated rings. The van der Waals surface area contributed by atoms with Crippen LogP contribution < -0.4 is 15.8 Å². The molecule has 3 N–H and O–H groups in total. The van der Waals surface area contributed by atoms with Crippen LogP contribution in [0.5, 0.6) is 5.75 Å². The standard InChI is InChI=1S/C28H37N3O3/c1-34-25-12-7-11-21(18-25)27(32)30-26-13-6-5-10-22(26)19-31(24-16-14-23(29)15-17-24)28(33)20-8-3-2-4-9-20/h5-7,10-13,18,20,23-24H,2-4,8-9,14-17,19,29H2,1H3,(H,30,32). The second kappa shape index (κ2) is 11.5. The van der Waals surface area contributed by atoms with E-state index in [9.17, 15) is 9.59 Å². The molecule has 0 spiro atoms. The Balaban J connectivity index is 1.55. The van der Waals surface area contributed by atoms with Crippen molar-refractivity contribution in [2.24, 2.45) is 11.7 Å². The molecule has 2 aromatic rings. The summed E-state index contributed by atoms with van der Waals surface area (Å²) in [5.41, 5.74) is 8.39. The van der Waals surface area contributed by atoms with Crippen molar-refractivity contribution >= 4 is 17.5 Å². The van der Waals surface area contributed by atoms with Crippen LogP contribution in [0.15, 0.2) is 48.5 Å². The van der Waals surface area contributed by atoms with Gasteiger partial charge in [-0.05, 0) is 68.4 Å². The maximum absolute atomic E-state index is 13.7. The van der Waals surface area contributed by atoms with E-state index in [0.717, 1.165) is 62.6 Å². The number of amides is 2. The molecule has 6 heteroatoms. The van der Waals surface area contributed by atoms with Crippen LogP contribution in [0.1, 0.15) is 73.7 Å². The van der Waals surface area contributed by atoms with E-state index in [4.69, 9.17) is 10.5 Å². The molecule has 0 heterocycles. The molecule has 2 aromatic carbocycles. The van der Waals surface area contributed by atoms with Crippen LogP contribution in [-0.2, 0) is 11.3 Å². The summed E-state index contributed by atoms with van der Waals surface area (Å²) in [6.45, 7) is 0.504. The van der Waals surface area contributed by atoms with E-state index >= 15 is 0 Å². The van der Waals surface area contributed by atoms with Crippen LogP contribution in [-0.4, -0.2) is 35.9 Å². The van der Waals surface area contributed by atoms with Crippen LogP contribution >= 0.6 is 0 Å². The summed E-state index contributed by atoms with van der Waals surface area (Å²) < 4.78 is 5.26. The van der Waals surface area contributed by atoms with Gasteiger partial charge in [0.2, 0.25) is 5.91 Å². The number of benzene rings is 2. The molecular weight excluding hydrogens is 426 g/mol. The minimum Gasteiger partial charge on any atom is -0.497 e. The molecule has 0 aliphatic heterocycles. The number of para-hydroxylation sites is 1. The summed E-state index contributed by atoms with van der Waals surface area (Å²) in [4.78, 5) is 28.8. The average Bonchev–Trinajstić information content (AvgIpc) is 2.89. The number of ether oxygens (including phenoxy) is 1. The topological polar surface area (TPSA) is 84.7 Å². The molecule has 2 aliphatic rings. The van der Waals surface area contributed by atoms with Gasteiger partial charge in [-0.2, -0.15) is 0 Å².